The van der Waals surface area contributed by atoms with E-state index in [0.717, 1.165) is 17.8 Å². The summed E-state index contributed by atoms with van der Waals surface area (Å²) in [6, 6.07) is 9.98. The number of benzene rings is 1. The van der Waals surface area contributed by atoms with Crippen molar-refractivity contribution in [3.05, 3.63) is 35.4 Å². The molecule has 2 rings (SSSR count). The van der Waals surface area contributed by atoms with Crippen LogP contribution in [0.2, 0.25) is 0 Å². The third-order valence-corrected chi connectivity index (χ3v) is 4.45. The molecule has 0 radical (unpaired) electrons. The summed E-state index contributed by atoms with van der Waals surface area (Å²) in [5, 5.41) is 3.46. The van der Waals surface area contributed by atoms with Gasteiger partial charge < -0.3 is 5.32 Å². The Balaban J connectivity index is 2.14. The lowest BCUT2D eigenvalue weighted by molar-refractivity contribution is 0.428. The predicted octanol–water partition coefficient (Wildman–Crippen LogP) is 3.99. The van der Waals surface area contributed by atoms with Crippen LogP contribution >= 0.6 is 0 Å². The minimum absolute atomic E-state index is 0.698. The second-order valence-corrected chi connectivity index (χ2v) is 6.28. The van der Waals surface area contributed by atoms with Crippen LogP contribution in [0.1, 0.15) is 50.7 Å². The summed E-state index contributed by atoms with van der Waals surface area (Å²) >= 11 is 0. The largest absolute Gasteiger partial charge is 0.317 e. The summed E-state index contributed by atoms with van der Waals surface area (Å²) in [7, 11) is 2.10. The fourth-order valence-electron chi connectivity index (χ4n) is 3.46. The van der Waals surface area contributed by atoms with E-state index >= 15 is 0 Å². The molecule has 1 aliphatic rings. The van der Waals surface area contributed by atoms with Gasteiger partial charge in [0.05, 0.1) is 0 Å². The molecule has 0 aromatic heterocycles. The van der Waals surface area contributed by atoms with Crippen molar-refractivity contribution < 1.29 is 0 Å². The first-order valence-corrected chi connectivity index (χ1v) is 7.38. The Morgan fingerprint density at radius 2 is 2.06 bits per heavy atom. The highest BCUT2D eigenvalue weighted by Crippen LogP contribution is 2.39. The van der Waals surface area contributed by atoms with Gasteiger partial charge in [-0.2, -0.15) is 0 Å². The van der Waals surface area contributed by atoms with E-state index in [4.69, 9.17) is 0 Å². The molecule has 3 atom stereocenters. The normalized spacial score (nSPS) is 27.9. The van der Waals surface area contributed by atoms with Gasteiger partial charge in [0, 0.05) is 6.04 Å². The van der Waals surface area contributed by atoms with E-state index in [9.17, 15) is 0 Å². The van der Waals surface area contributed by atoms with Gasteiger partial charge in [-0.3, -0.25) is 0 Å². The molecule has 1 saturated carbocycles. The van der Waals surface area contributed by atoms with Crippen LogP contribution in [0.3, 0.4) is 0 Å². The molecule has 0 amide bonds. The third-order valence-electron chi connectivity index (χ3n) is 4.45. The minimum Gasteiger partial charge on any atom is -0.317 e. The zero-order chi connectivity index (χ0) is 13.1. The van der Waals surface area contributed by atoms with Gasteiger partial charge >= 0.3 is 0 Å². The molecule has 1 aliphatic carbocycles. The molecule has 18 heavy (non-hydrogen) atoms. The zero-order valence-electron chi connectivity index (χ0n) is 12.2. The summed E-state index contributed by atoms with van der Waals surface area (Å²) in [5.41, 5.74) is 3.06. The van der Waals surface area contributed by atoms with Crippen LogP contribution in [0.5, 0.6) is 0 Å². The third kappa shape index (κ3) is 2.95. The highest BCUT2D eigenvalue weighted by molar-refractivity contribution is 5.28. The van der Waals surface area contributed by atoms with Crippen LogP contribution in [0, 0.1) is 11.8 Å². The average molecular weight is 245 g/mol. The molecule has 1 N–H and O–H groups in total. The van der Waals surface area contributed by atoms with Crippen LogP contribution in [0.25, 0.3) is 0 Å². The first-order chi connectivity index (χ1) is 8.61. The van der Waals surface area contributed by atoms with Gasteiger partial charge in [0.2, 0.25) is 0 Å². The first kappa shape index (κ1) is 13.6. The van der Waals surface area contributed by atoms with Crippen molar-refractivity contribution in [2.24, 2.45) is 11.8 Å². The van der Waals surface area contributed by atoms with Gasteiger partial charge in [0.25, 0.3) is 0 Å². The van der Waals surface area contributed by atoms with E-state index in [2.05, 4.69) is 57.4 Å². The maximum absolute atomic E-state index is 3.46. The van der Waals surface area contributed by atoms with Crippen molar-refractivity contribution >= 4 is 0 Å². The predicted molar refractivity (Wildman–Crippen MR) is 79.0 cm³/mol. The Hall–Kier alpha value is -0.820. The van der Waals surface area contributed by atoms with Gasteiger partial charge in [-0.05, 0) is 55.2 Å². The average Bonchev–Trinajstić information content (AvgIpc) is 2.70. The van der Waals surface area contributed by atoms with E-state index in [-0.39, 0.29) is 0 Å². The molecule has 3 unspecified atom stereocenters. The first-order valence-electron chi connectivity index (χ1n) is 7.38. The Bertz CT molecular complexity index is 383. The highest BCUT2D eigenvalue weighted by Gasteiger charge is 2.32. The summed E-state index contributed by atoms with van der Waals surface area (Å²) in [6.07, 6.45) is 3.85. The standard InChI is InChI=1S/C17H27N/c1-12(2)10-14-6-5-7-15(11-14)16-8-9-17(18-4)13(16)3/h5-7,11-13,16-18H,8-10H2,1-4H3. The molecular formula is C17H27N. The summed E-state index contributed by atoms with van der Waals surface area (Å²) in [4.78, 5) is 0. The lowest BCUT2D eigenvalue weighted by atomic mass is 9.87. The van der Waals surface area contributed by atoms with E-state index < -0.39 is 0 Å². The molecule has 1 heteroatoms. The quantitative estimate of drug-likeness (QED) is 0.846. The molecule has 100 valence electrons. The van der Waals surface area contributed by atoms with E-state index in [0.29, 0.717) is 6.04 Å². The molecule has 1 aromatic carbocycles. The van der Waals surface area contributed by atoms with E-state index in [1.807, 2.05) is 0 Å². The Morgan fingerprint density at radius 3 is 2.67 bits per heavy atom. The summed E-state index contributed by atoms with van der Waals surface area (Å²) < 4.78 is 0. The van der Waals surface area contributed by atoms with Crippen LogP contribution in [0.4, 0.5) is 0 Å². The van der Waals surface area contributed by atoms with Gasteiger partial charge in [-0.25, -0.2) is 0 Å². The van der Waals surface area contributed by atoms with Gasteiger partial charge in [-0.1, -0.05) is 45.0 Å². The van der Waals surface area contributed by atoms with Gasteiger partial charge in [-0.15, -0.1) is 0 Å². The fraction of sp³-hybridized carbons (Fsp3) is 0.647. The van der Waals surface area contributed by atoms with Crippen molar-refractivity contribution in [3.63, 3.8) is 0 Å². The maximum Gasteiger partial charge on any atom is 0.00957 e. The van der Waals surface area contributed by atoms with Gasteiger partial charge in [0.15, 0.2) is 0 Å². The van der Waals surface area contributed by atoms with Crippen LogP contribution < -0.4 is 5.32 Å². The molecule has 1 aromatic rings. The number of hydrogen-bond acceptors (Lipinski definition) is 1. The highest BCUT2D eigenvalue weighted by atomic mass is 14.9. The number of rotatable bonds is 4. The van der Waals surface area contributed by atoms with E-state index in [1.165, 1.54) is 24.8 Å². The Labute approximate surface area is 112 Å². The smallest absolute Gasteiger partial charge is 0.00957 e. The monoisotopic (exact) mass is 245 g/mol. The molecule has 0 spiro atoms. The number of nitrogens with one attached hydrogen (secondary N) is 1. The van der Waals surface area contributed by atoms with Crippen molar-refractivity contribution in [3.8, 4) is 0 Å². The molecule has 1 fully saturated rings. The summed E-state index contributed by atoms with van der Waals surface area (Å²) in [5.74, 6) is 2.24. The number of hydrogen-bond donors (Lipinski definition) is 1. The SMILES string of the molecule is CNC1CCC(c2cccc(CC(C)C)c2)C1C. The second-order valence-electron chi connectivity index (χ2n) is 6.28. The van der Waals surface area contributed by atoms with Crippen molar-refractivity contribution in [1.82, 2.24) is 5.32 Å². The van der Waals surface area contributed by atoms with Crippen LogP contribution in [-0.4, -0.2) is 13.1 Å². The zero-order valence-corrected chi connectivity index (χ0v) is 12.2. The van der Waals surface area contributed by atoms with E-state index in [1.54, 1.807) is 5.56 Å². The van der Waals surface area contributed by atoms with Gasteiger partial charge in [0.1, 0.15) is 0 Å². The molecule has 0 heterocycles. The molecular weight excluding hydrogens is 218 g/mol. The molecule has 0 bridgehead atoms. The minimum atomic E-state index is 0.698. The fourth-order valence-corrected chi connectivity index (χ4v) is 3.46. The Kier molecular flexibility index (Phi) is 4.45. The van der Waals surface area contributed by atoms with Crippen LogP contribution in [0.15, 0.2) is 24.3 Å². The topological polar surface area (TPSA) is 12.0 Å². The van der Waals surface area contributed by atoms with Crippen molar-refractivity contribution in [1.29, 1.82) is 0 Å². The molecule has 1 nitrogen and oxygen atoms in total. The molecule has 0 aliphatic heterocycles. The van der Waals surface area contributed by atoms with Crippen LogP contribution in [-0.2, 0) is 6.42 Å². The lowest BCUT2D eigenvalue weighted by Gasteiger charge is -2.21. The second kappa shape index (κ2) is 5.88. The molecule has 0 saturated heterocycles. The maximum atomic E-state index is 3.46. The lowest BCUT2D eigenvalue weighted by Crippen LogP contribution is -2.28. The van der Waals surface area contributed by atoms with Crippen molar-refractivity contribution in [2.75, 3.05) is 7.05 Å². The summed E-state index contributed by atoms with van der Waals surface area (Å²) in [6.45, 7) is 6.98. The van der Waals surface area contributed by atoms with Crippen molar-refractivity contribution in [2.45, 2.75) is 52.0 Å². The Morgan fingerprint density at radius 1 is 1.28 bits per heavy atom.